The van der Waals surface area contributed by atoms with E-state index in [-0.39, 0.29) is 11.8 Å². The van der Waals surface area contributed by atoms with E-state index in [0.29, 0.717) is 12.5 Å². The second-order valence-electron chi connectivity index (χ2n) is 3.27. The molecule has 0 bridgehead atoms. The van der Waals surface area contributed by atoms with E-state index in [9.17, 15) is 4.79 Å². The van der Waals surface area contributed by atoms with E-state index < -0.39 is 0 Å². The van der Waals surface area contributed by atoms with Crippen LogP contribution < -0.4 is 5.32 Å². The third kappa shape index (κ3) is 3.56. The maximum atomic E-state index is 11.4. The first-order valence-electron chi connectivity index (χ1n) is 4.52. The lowest BCUT2D eigenvalue weighted by Crippen LogP contribution is -2.33. The van der Waals surface area contributed by atoms with Crippen molar-refractivity contribution in [1.29, 1.82) is 0 Å². The zero-order valence-corrected chi connectivity index (χ0v) is 8.26. The van der Waals surface area contributed by atoms with Crippen molar-refractivity contribution in [2.75, 3.05) is 6.54 Å². The molecule has 1 atom stereocenters. The minimum Gasteiger partial charge on any atom is -0.356 e. The molecular weight excluding hydrogens is 150 g/mol. The minimum absolute atomic E-state index is 0.0856. The Morgan fingerprint density at radius 2 is 2.17 bits per heavy atom. The molecule has 0 aliphatic heterocycles. The van der Waals surface area contributed by atoms with Gasteiger partial charge in [-0.3, -0.25) is 4.79 Å². The van der Waals surface area contributed by atoms with Crippen LogP contribution in [-0.4, -0.2) is 12.5 Å². The molecule has 0 aromatic heterocycles. The lowest BCUT2D eigenvalue weighted by atomic mass is 9.92. The van der Waals surface area contributed by atoms with Crippen LogP contribution in [0.2, 0.25) is 0 Å². The second-order valence-corrected chi connectivity index (χ2v) is 3.27. The van der Waals surface area contributed by atoms with Gasteiger partial charge in [0.25, 0.3) is 0 Å². The maximum Gasteiger partial charge on any atom is 0.223 e. The van der Waals surface area contributed by atoms with Crippen molar-refractivity contribution < 1.29 is 4.79 Å². The van der Waals surface area contributed by atoms with Crippen molar-refractivity contribution in [3.63, 3.8) is 0 Å². The molecule has 0 heterocycles. The third-order valence-electron chi connectivity index (χ3n) is 1.91. The monoisotopic (exact) mass is 169 g/mol. The molecule has 1 unspecified atom stereocenters. The van der Waals surface area contributed by atoms with Gasteiger partial charge in [0.15, 0.2) is 0 Å². The average molecular weight is 169 g/mol. The molecule has 2 heteroatoms. The summed E-state index contributed by atoms with van der Waals surface area (Å²) in [6.45, 7) is 10.4. The molecule has 1 amide bonds. The number of hydrogen-bond acceptors (Lipinski definition) is 1. The first-order valence-corrected chi connectivity index (χ1v) is 4.52. The SMILES string of the molecule is C=CCC(C(=O)NCC)C(C)C. The molecule has 0 aromatic carbocycles. The molecule has 0 spiro atoms. The summed E-state index contributed by atoms with van der Waals surface area (Å²) in [6.07, 6.45) is 2.57. The molecule has 0 aliphatic rings. The van der Waals surface area contributed by atoms with Crippen LogP contribution in [-0.2, 0) is 4.79 Å². The van der Waals surface area contributed by atoms with Crippen molar-refractivity contribution in [2.45, 2.75) is 27.2 Å². The van der Waals surface area contributed by atoms with E-state index in [1.54, 1.807) is 6.08 Å². The number of carbonyl (C=O) groups is 1. The van der Waals surface area contributed by atoms with Gasteiger partial charge in [0, 0.05) is 12.5 Å². The van der Waals surface area contributed by atoms with Gasteiger partial charge in [-0.25, -0.2) is 0 Å². The molecule has 0 fully saturated rings. The van der Waals surface area contributed by atoms with E-state index in [4.69, 9.17) is 0 Å². The van der Waals surface area contributed by atoms with E-state index >= 15 is 0 Å². The lowest BCUT2D eigenvalue weighted by molar-refractivity contribution is -0.126. The van der Waals surface area contributed by atoms with Crippen molar-refractivity contribution >= 4 is 5.91 Å². The first kappa shape index (κ1) is 11.2. The van der Waals surface area contributed by atoms with Gasteiger partial charge in [-0.05, 0) is 19.3 Å². The third-order valence-corrected chi connectivity index (χ3v) is 1.91. The summed E-state index contributed by atoms with van der Waals surface area (Å²) >= 11 is 0. The largest absolute Gasteiger partial charge is 0.356 e. The Balaban J connectivity index is 4.08. The van der Waals surface area contributed by atoms with E-state index in [0.717, 1.165) is 6.42 Å². The molecule has 0 saturated carbocycles. The van der Waals surface area contributed by atoms with Crippen LogP contribution in [0, 0.1) is 11.8 Å². The quantitative estimate of drug-likeness (QED) is 0.626. The predicted molar refractivity (Wildman–Crippen MR) is 51.8 cm³/mol. The van der Waals surface area contributed by atoms with E-state index in [1.807, 2.05) is 6.92 Å². The molecule has 0 aliphatic carbocycles. The molecule has 0 saturated heterocycles. The molecule has 1 N–H and O–H groups in total. The molecule has 0 radical (unpaired) electrons. The van der Waals surface area contributed by atoms with Gasteiger partial charge in [-0.15, -0.1) is 6.58 Å². The fraction of sp³-hybridized carbons (Fsp3) is 0.700. The van der Waals surface area contributed by atoms with Gasteiger partial charge in [0.05, 0.1) is 0 Å². The standard InChI is InChI=1S/C10H19NO/c1-5-7-9(8(3)4)10(12)11-6-2/h5,8-9H,1,6-7H2,2-4H3,(H,11,12). The molecule has 12 heavy (non-hydrogen) atoms. The number of hydrogen-bond donors (Lipinski definition) is 1. The summed E-state index contributed by atoms with van der Waals surface area (Å²) in [5, 5.41) is 2.83. The van der Waals surface area contributed by atoms with Crippen LogP contribution in [0.15, 0.2) is 12.7 Å². The highest BCUT2D eigenvalue weighted by Crippen LogP contribution is 2.15. The van der Waals surface area contributed by atoms with Crippen LogP contribution in [0.25, 0.3) is 0 Å². The topological polar surface area (TPSA) is 29.1 Å². The van der Waals surface area contributed by atoms with Crippen molar-refractivity contribution in [1.82, 2.24) is 5.32 Å². The number of carbonyl (C=O) groups excluding carboxylic acids is 1. The lowest BCUT2D eigenvalue weighted by Gasteiger charge is -2.17. The van der Waals surface area contributed by atoms with Crippen LogP contribution >= 0.6 is 0 Å². The van der Waals surface area contributed by atoms with E-state index in [2.05, 4.69) is 25.7 Å². The van der Waals surface area contributed by atoms with Crippen LogP contribution in [0.1, 0.15) is 27.2 Å². The Hall–Kier alpha value is -0.790. The summed E-state index contributed by atoms with van der Waals surface area (Å²) < 4.78 is 0. The highest BCUT2D eigenvalue weighted by molar-refractivity contribution is 5.78. The predicted octanol–water partition coefficient (Wildman–Crippen LogP) is 1.97. The highest BCUT2D eigenvalue weighted by atomic mass is 16.1. The summed E-state index contributed by atoms with van der Waals surface area (Å²) in [7, 11) is 0. The number of allylic oxidation sites excluding steroid dienone is 1. The summed E-state index contributed by atoms with van der Waals surface area (Å²) in [5.41, 5.74) is 0. The van der Waals surface area contributed by atoms with Crippen LogP contribution in [0.5, 0.6) is 0 Å². The maximum absolute atomic E-state index is 11.4. The van der Waals surface area contributed by atoms with Crippen molar-refractivity contribution in [3.8, 4) is 0 Å². The Labute approximate surface area is 75.0 Å². The molecule has 0 aromatic rings. The number of amides is 1. The summed E-state index contributed by atoms with van der Waals surface area (Å²) in [5.74, 6) is 0.615. The number of rotatable bonds is 5. The molecule has 70 valence electrons. The van der Waals surface area contributed by atoms with Crippen molar-refractivity contribution in [2.24, 2.45) is 11.8 Å². The fourth-order valence-corrected chi connectivity index (χ4v) is 1.17. The summed E-state index contributed by atoms with van der Waals surface area (Å²) in [4.78, 5) is 11.4. The van der Waals surface area contributed by atoms with Gasteiger partial charge < -0.3 is 5.32 Å². The van der Waals surface area contributed by atoms with E-state index in [1.165, 1.54) is 0 Å². The summed E-state index contributed by atoms with van der Waals surface area (Å²) in [6, 6.07) is 0. The molecule has 0 rings (SSSR count). The average Bonchev–Trinajstić information content (AvgIpc) is 1.99. The fourth-order valence-electron chi connectivity index (χ4n) is 1.17. The van der Waals surface area contributed by atoms with Gasteiger partial charge in [-0.2, -0.15) is 0 Å². The van der Waals surface area contributed by atoms with Gasteiger partial charge in [-0.1, -0.05) is 19.9 Å². The Bertz CT molecular complexity index is 152. The number of nitrogens with one attached hydrogen (secondary N) is 1. The first-order chi connectivity index (χ1) is 5.63. The van der Waals surface area contributed by atoms with Gasteiger partial charge in [0.1, 0.15) is 0 Å². The molecule has 2 nitrogen and oxygen atoms in total. The molecular formula is C10H19NO. The highest BCUT2D eigenvalue weighted by Gasteiger charge is 2.19. The Morgan fingerprint density at radius 1 is 1.58 bits per heavy atom. The Kier molecular flexibility index (Phi) is 5.43. The normalized spacial score (nSPS) is 12.7. The Morgan fingerprint density at radius 3 is 2.50 bits per heavy atom. The minimum atomic E-state index is 0.0856. The van der Waals surface area contributed by atoms with Gasteiger partial charge in [0.2, 0.25) is 5.91 Å². The van der Waals surface area contributed by atoms with Crippen LogP contribution in [0.4, 0.5) is 0 Å². The smallest absolute Gasteiger partial charge is 0.223 e. The second kappa shape index (κ2) is 5.81. The zero-order chi connectivity index (χ0) is 9.56. The van der Waals surface area contributed by atoms with Gasteiger partial charge >= 0.3 is 0 Å². The zero-order valence-electron chi connectivity index (χ0n) is 8.26. The van der Waals surface area contributed by atoms with Crippen molar-refractivity contribution in [3.05, 3.63) is 12.7 Å². The van der Waals surface area contributed by atoms with Crippen LogP contribution in [0.3, 0.4) is 0 Å².